The van der Waals surface area contributed by atoms with Crippen molar-refractivity contribution in [2.24, 2.45) is 0 Å². The molecule has 0 aliphatic carbocycles. The Balaban J connectivity index is 0.000000261. The molecule has 178 valence electrons. The number of carboxylic acid groups (broad SMARTS) is 1. The van der Waals surface area contributed by atoms with Crippen molar-refractivity contribution in [3.63, 3.8) is 0 Å². The molecular weight excluding hydrogens is 484 g/mol. The number of carboxylic acids is 1. The van der Waals surface area contributed by atoms with Gasteiger partial charge in [-0.1, -0.05) is 54.1 Å². The van der Waals surface area contributed by atoms with Crippen molar-refractivity contribution in [1.29, 1.82) is 0 Å². The van der Waals surface area contributed by atoms with Crippen LogP contribution in [0, 0.1) is 6.92 Å². The van der Waals surface area contributed by atoms with Crippen molar-refractivity contribution in [2.75, 3.05) is 6.26 Å². The molecule has 0 aliphatic rings. The van der Waals surface area contributed by atoms with Crippen LogP contribution in [0.15, 0.2) is 96.2 Å². The molecule has 0 bridgehead atoms. The molecule has 0 amide bonds. The number of pyridine rings is 2. The van der Waals surface area contributed by atoms with Crippen molar-refractivity contribution in [3.8, 4) is 22.4 Å². The van der Waals surface area contributed by atoms with Gasteiger partial charge in [-0.25, -0.2) is 13.2 Å². The van der Waals surface area contributed by atoms with E-state index in [1.54, 1.807) is 42.7 Å². The molecule has 4 rings (SSSR count). The minimum atomic E-state index is -3.23. The van der Waals surface area contributed by atoms with E-state index >= 15 is 0 Å². The number of carbonyl (C=O) groups is 1. The Morgan fingerprint density at radius 2 is 1.57 bits per heavy atom. The summed E-state index contributed by atoms with van der Waals surface area (Å²) in [6.07, 6.45) is 7.22. The third-order valence-corrected chi connectivity index (χ3v) is 6.19. The van der Waals surface area contributed by atoms with Gasteiger partial charge in [-0.3, -0.25) is 9.97 Å². The summed E-state index contributed by atoms with van der Waals surface area (Å²) in [5.74, 6) is -0.922. The van der Waals surface area contributed by atoms with Gasteiger partial charge in [-0.05, 0) is 54.5 Å². The fourth-order valence-electron chi connectivity index (χ4n) is 3.11. The van der Waals surface area contributed by atoms with E-state index in [1.165, 1.54) is 6.26 Å². The minimum Gasteiger partial charge on any atom is -0.478 e. The van der Waals surface area contributed by atoms with E-state index in [-0.39, 0.29) is 4.90 Å². The average Bonchev–Trinajstić information content (AvgIpc) is 2.84. The summed E-state index contributed by atoms with van der Waals surface area (Å²) >= 11 is 6.11. The number of halogens is 1. The van der Waals surface area contributed by atoms with E-state index in [1.807, 2.05) is 55.5 Å². The van der Waals surface area contributed by atoms with Crippen molar-refractivity contribution in [2.45, 2.75) is 11.8 Å². The van der Waals surface area contributed by atoms with Crippen LogP contribution in [0.3, 0.4) is 0 Å². The highest BCUT2D eigenvalue weighted by Crippen LogP contribution is 2.32. The van der Waals surface area contributed by atoms with Crippen LogP contribution in [0.5, 0.6) is 0 Å². The molecule has 0 unspecified atom stereocenters. The van der Waals surface area contributed by atoms with Gasteiger partial charge in [0.2, 0.25) is 0 Å². The first kappa shape index (κ1) is 25.8. The molecule has 0 saturated carbocycles. The van der Waals surface area contributed by atoms with Gasteiger partial charge < -0.3 is 5.11 Å². The van der Waals surface area contributed by atoms with Gasteiger partial charge in [-0.15, -0.1) is 0 Å². The topological polar surface area (TPSA) is 97.2 Å². The first-order valence-electron chi connectivity index (χ1n) is 10.5. The molecule has 35 heavy (non-hydrogen) atoms. The number of rotatable bonds is 5. The van der Waals surface area contributed by atoms with Gasteiger partial charge in [0, 0.05) is 41.5 Å². The van der Waals surface area contributed by atoms with E-state index in [0.29, 0.717) is 5.02 Å². The second-order valence-corrected chi connectivity index (χ2v) is 10.1. The lowest BCUT2D eigenvalue weighted by atomic mass is 10.0. The molecule has 0 saturated heterocycles. The van der Waals surface area contributed by atoms with Crippen molar-refractivity contribution >= 4 is 33.5 Å². The molecule has 2 heterocycles. The highest BCUT2D eigenvalue weighted by molar-refractivity contribution is 7.90. The highest BCUT2D eigenvalue weighted by atomic mass is 35.5. The highest BCUT2D eigenvalue weighted by Gasteiger charge is 2.12. The van der Waals surface area contributed by atoms with Crippen molar-refractivity contribution < 1.29 is 18.3 Å². The third-order valence-electron chi connectivity index (χ3n) is 4.85. The van der Waals surface area contributed by atoms with Crippen LogP contribution in [0.1, 0.15) is 11.3 Å². The quantitative estimate of drug-likeness (QED) is 0.335. The molecule has 0 aliphatic heterocycles. The number of nitrogens with zero attached hydrogens (tertiary/aromatic N) is 2. The van der Waals surface area contributed by atoms with Gasteiger partial charge in [0.25, 0.3) is 0 Å². The normalized spacial score (nSPS) is 11.1. The summed E-state index contributed by atoms with van der Waals surface area (Å²) in [6, 6.07) is 21.7. The van der Waals surface area contributed by atoms with E-state index < -0.39 is 15.8 Å². The predicted molar refractivity (Wildman–Crippen MR) is 139 cm³/mol. The maximum Gasteiger partial charge on any atom is 0.328 e. The molecule has 1 N–H and O–H groups in total. The van der Waals surface area contributed by atoms with Crippen LogP contribution < -0.4 is 0 Å². The molecule has 0 spiro atoms. The van der Waals surface area contributed by atoms with Crippen LogP contribution in [0.2, 0.25) is 5.02 Å². The van der Waals surface area contributed by atoms with Gasteiger partial charge in [0.1, 0.15) is 0 Å². The summed E-state index contributed by atoms with van der Waals surface area (Å²) in [5.41, 5.74) is 5.11. The molecule has 0 radical (unpaired) electrons. The number of aryl methyl sites for hydroxylation is 1. The number of sulfone groups is 1. The Labute approximate surface area is 209 Å². The third kappa shape index (κ3) is 7.60. The van der Waals surface area contributed by atoms with Crippen molar-refractivity contribution in [3.05, 3.63) is 108 Å². The Morgan fingerprint density at radius 3 is 2.14 bits per heavy atom. The van der Waals surface area contributed by atoms with Crippen LogP contribution in [0.4, 0.5) is 0 Å². The monoisotopic (exact) mass is 506 g/mol. The zero-order valence-electron chi connectivity index (χ0n) is 19.1. The summed E-state index contributed by atoms with van der Waals surface area (Å²) in [5, 5.41) is 8.80. The van der Waals surface area contributed by atoms with E-state index in [4.69, 9.17) is 16.7 Å². The molecule has 8 heteroatoms. The summed E-state index contributed by atoms with van der Waals surface area (Å²) in [6.45, 7) is 1.92. The van der Waals surface area contributed by atoms with Gasteiger partial charge in [0.05, 0.1) is 15.6 Å². The van der Waals surface area contributed by atoms with E-state index in [9.17, 15) is 13.2 Å². The maximum absolute atomic E-state index is 11.6. The lowest BCUT2D eigenvalue weighted by Crippen LogP contribution is -1.97. The summed E-state index contributed by atoms with van der Waals surface area (Å²) in [7, 11) is -3.23. The number of aliphatic carboxylic acids is 1. The minimum absolute atomic E-state index is 0.278. The fourth-order valence-corrected chi connectivity index (χ4v) is 3.90. The smallest absolute Gasteiger partial charge is 0.328 e. The van der Waals surface area contributed by atoms with Gasteiger partial charge in [0.15, 0.2) is 9.84 Å². The van der Waals surface area contributed by atoms with Crippen LogP contribution in [-0.4, -0.2) is 35.7 Å². The van der Waals surface area contributed by atoms with Gasteiger partial charge in [-0.2, -0.15) is 0 Å². The molecule has 2 aromatic carbocycles. The number of benzene rings is 2. The molecule has 4 aromatic rings. The van der Waals surface area contributed by atoms with Gasteiger partial charge >= 0.3 is 5.97 Å². The maximum atomic E-state index is 11.6. The van der Waals surface area contributed by atoms with Crippen molar-refractivity contribution in [1.82, 2.24) is 9.97 Å². The molecular formula is C27H23ClN2O4S. The predicted octanol–water partition coefficient (Wildman–Crippen LogP) is 5.96. The Kier molecular flexibility index (Phi) is 8.52. The average molecular weight is 507 g/mol. The summed E-state index contributed by atoms with van der Waals surface area (Å²) < 4.78 is 23.2. The summed E-state index contributed by atoms with van der Waals surface area (Å²) in [4.78, 5) is 19.1. The van der Waals surface area contributed by atoms with Crippen LogP contribution in [-0.2, 0) is 14.6 Å². The van der Waals surface area contributed by atoms with Crippen LogP contribution in [0.25, 0.3) is 28.5 Å². The zero-order valence-corrected chi connectivity index (χ0v) is 20.7. The lowest BCUT2D eigenvalue weighted by molar-refractivity contribution is -0.131. The second kappa shape index (κ2) is 11.6. The first-order valence-corrected chi connectivity index (χ1v) is 12.8. The number of hydrogen-bond acceptors (Lipinski definition) is 5. The van der Waals surface area contributed by atoms with E-state index in [2.05, 4.69) is 9.97 Å². The molecule has 0 fully saturated rings. The first-order chi connectivity index (χ1) is 16.6. The SMILES string of the molecule is Cc1ccc(-c2ncc(Cl)cc2-c2ccc(S(C)(=O)=O)cc2)cn1.O=C(O)/C=C/c1ccccc1. The van der Waals surface area contributed by atoms with Crippen LogP contribution >= 0.6 is 11.6 Å². The number of aromatic nitrogens is 2. The molecule has 6 nitrogen and oxygen atoms in total. The lowest BCUT2D eigenvalue weighted by Gasteiger charge is -2.10. The Bertz CT molecular complexity index is 1440. The second-order valence-electron chi connectivity index (χ2n) is 7.62. The zero-order chi connectivity index (χ0) is 25.4. The Morgan fingerprint density at radius 1 is 0.914 bits per heavy atom. The molecule has 2 aromatic heterocycles. The largest absolute Gasteiger partial charge is 0.478 e. The molecule has 0 atom stereocenters. The Hall–Kier alpha value is -3.81. The number of hydrogen-bond donors (Lipinski definition) is 1. The van der Waals surface area contributed by atoms with E-state index in [0.717, 1.165) is 39.7 Å². The fraction of sp³-hybridized carbons (Fsp3) is 0.0741. The standard InChI is InChI=1S/C18H15ClN2O2S.C9H8O2/c1-12-3-4-14(10-20-12)18-17(9-15(19)11-21-18)13-5-7-16(8-6-13)24(2,22)23;10-9(11)7-6-8-4-2-1-3-5-8/h3-11H,1-2H3;1-7H,(H,10,11)/b;7-6+.